The van der Waals surface area contributed by atoms with Crippen LogP contribution in [0.5, 0.6) is 0 Å². The zero-order chi connectivity index (χ0) is 19.0. The third-order valence-corrected chi connectivity index (χ3v) is 5.12. The highest BCUT2D eigenvalue weighted by Crippen LogP contribution is 2.22. The summed E-state index contributed by atoms with van der Waals surface area (Å²) in [7, 11) is 0. The van der Waals surface area contributed by atoms with Gasteiger partial charge >= 0.3 is 0 Å². The number of anilines is 1. The molecule has 27 heavy (non-hydrogen) atoms. The molecule has 0 saturated carbocycles. The number of rotatable bonds is 3. The van der Waals surface area contributed by atoms with E-state index in [9.17, 15) is 14.0 Å². The zero-order valence-corrected chi connectivity index (χ0v) is 15.1. The van der Waals surface area contributed by atoms with Gasteiger partial charge in [-0.3, -0.25) is 14.0 Å². The molecule has 4 aromatic rings. The Kier molecular flexibility index (Phi) is 4.29. The van der Waals surface area contributed by atoms with Gasteiger partial charge in [0.1, 0.15) is 11.4 Å². The van der Waals surface area contributed by atoms with E-state index in [4.69, 9.17) is 0 Å². The Bertz CT molecular complexity index is 1210. The van der Waals surface area contributed by atoms with Crippen molar-refractivity contribution >= 4 is 27.9 Å². The van der Waals surface area contributed by atoms with E-state index in [-0.39, 0.29) is 11.4 Å². The number of fused-ring (bicyclic) bond motifs is 1. The molecule has 0 aliphatic heterocycles. The molecule has 0 saturated heterocycles. The van der Waals surface area contributed by atoms with E-state index in [0.29, 0.717) is 10.6 Å². The highest BCUT2D eigenvalue weighted by Gasteiger charge is 2.15. The highest BCUT2D eigenvalue weighted by molar-refractivity contribution is 7.15. The second-order valence-corrected chi connectivity index (χ2v) is 6.85. The van der Waals surface area contributed by atoms with E-state index < -0.39 is 11.5 Å². The molecule has 1 N–H and O–H groups in total. The summed E-state index contributed by atoms with van der Waals surface area (Å²) in [6.45, 7) is 1.79. The number of benzene rings is 2. The lowest BCUT2D eigenvalue weighted by Gasteiger charge is -2.07. The van der Waals surface area contributed by atoms with Crippen molar-refractivity contribution in [1.82, 2.24) is 9.38 Å². The van der Waals surface area contributed by atoms with Crippen LogP contribution in [0.1, 0.15) is 16.1 Å². The van der Waals surface area contributed by atoms with Gasteiger partial charge in [0, 0.05) is 23.0 Å². The molecular weight excluding hydrogens is 365 g/mol. The number of nitrogens with one attached hydrogen (secondary N) is 1. The molecule has 0 atom stereocenters. The van der Waals surface area contributed by atoms with Gasteiger partial charge in [-0.25, -0.2) is 9.37 Å². The second kappa shape index (κ2) is 6.77. The maximum Gasteiger partial charge on any atom is 0.271 e. The van der Waals surface area contributed by atoms with E-state index in [1.807, 2.05) is 11.4 Å². The summed E-state index contributed by atoms with van der Waals surface area (Å²) >= 11 is 1.35. The fourth-order valence-electron chi connectivity index (χ4n) is 2.79. The van der Waals surface area contributed by atoms with Crippen LogP contribution in [0.3, 0.4) is 0 Å². The molecule has 0 aliphatic rings. The number of hydrogen-bond acceptors (Lipinski definition) is 4. The number of aromatic nitrogens is 2. The lowest BCUT2D eigenvalue weighted by molar-refractivity contribution is 0.102. The van der Waals surface area contributed by atoms with Crippen molar-refractivity contribution in [3.05, 3.63) is 87.5 Å². The van der Waals surface area contributed by atoms with Crippen LogP contribution in [-0.4, -0.2) is 15.3 Å². The van der Waals surface area contributed by atoms with Crippen molar-refractivity contribution in [3.63, 3.8) is 0 Å². The molecule has 0 spiro atoms. The molecular formula is C20H14FN3O2S. The Balaban J connectivity index is 1.59. The highest BCUT2D eigenvalue weighted by atomic mass is 32.1. The molecule has 134 valence electrons. The molecule has 7 heteroatoms. The molecule has 0 fully saturated rings. The summed E-state index contributed by atoms with van der Waals surface area (Å²) < 4.78 is 14.8. The van der Waals surface area contributed by atoms with Crippen LogP contribution in [-0.2, 0) is 0 Å². The van der Waals surface area contributed by atoms with Gasteiger partial charge in [-0.1, -0.05) is 24.3 Å². The Morgan fingerprint density at radius 1 is 1.15 bits per heavy atom. The van der Waals surface area contributed by atoms with Crippen LogP contribution in [0.25, 0.3) is 16.1 Å². The summed E-state index contributed by atoms with van der Waals surface area (Å²) in [6.07, 6.45) is 1.30. The fraction of sp³-hybridized carbons (Fsp3) is 0.0500. The second-order valence-electron chi connectivity index (χ2n) is 6.01. The van der Waals surface area contributed by atoms with Crippen molar-refractivity contribution in [2.24, 2.45) is 0 Å². The standard InChI is InChI=1S/C20H14FN3O2S/c1-12-11-27-20-22-10-17(19(26)24(12)20)18(25)23-16-7-5-13(6-8-16)14-3-2-4-15(21)9-14/h2-11H,1H3,(H,23,25). The van der Waals surface area contributed by atoms with Crippen LogP contribution in [0.2, 0.25) is 0 Å². The largest absolute Gasteiger partial charge is 0.322 e. The first kappa shape index (κ1) is 17.1. The van der Waals surface area contributed by atoms with Crippen LogP contribution in [0.15, 0.2) is 64.9 Å². The molecule has 0 bridgehead atoms. The van der Waals surface area contributed by atoms with Crippen LogP contribution < -0.4 is 10.9 Å². The average molecular weight is 379 g/mol. The summed E-state index contributed by atoms with van der Waals surface area (Å²) in [4.78, 5) is 29.8. The Morgan fingerprint density at radius 2 is 1.93 bits per heavy atom. The minimum atomic E-state index is -0.522. The predicted molar refractivity (Wildman–Crippen MR) is 104 cm³/mol. The quantitative estimate of drug-likeness (QED) is 0.582. The molecule has 0 unspecified atom stereocenters. The Labute approximate surface area is 157 Å². The number of nitrogens with zero attached hydrogens (tertiary/aromatic N) is 2. The third-order valence-electron chi connectivity index (χ3n) is 4.16. The van der Waals surface area contributed by atoms with Gasteiger partial charge in [0.15, 0.2) is 4.96 Å². The first-order valence-corrected chi connectivity index (χ1v) is 9.04. The van der Waals surface area contributed by atoms with Crippen molar-refractivity contribution < 1.29 is 9.18 Å². The number of carbonyl (C=O) groups is 1. The zero-order valence-electron chi connectivity index (χ0n) is 14.3. The van der Waals surface area contributed by atoms with Crippen LogP contribution in [0.4, 0.5) is 10.1 Å². The minimum Gasteiger partial charge on any atom is -0.322 e. The molecule has 2 aromatic heterocycles. The van der Waals surface area contributed by atoms with E-state index >= 15 is 0 Å². The van der Waals surface area contributed by atoms with E-state index in [1.54, 1.807) is 37.3 Å². The summed E-state index contributed by atoms with van der Waals surface area (Å²) in [5.41, 5.74) is 2.42. The van der Waals surface area contributed by atoms with Crippen molar-refractivity contribution in [3.8, 4) is 11.1 Å². The number of aryl methyl sites for hydroxylation is 1. The van der Waals surface area contributed by atoms with Crippen LogP contribution >= 0.6 is 11.3 Å². The number of amides is 1. The maximum atomic E-state index is 13.4. The van der Waals surface area contributed by atoms with Crippen molar-refractivity contribution in [1.29, 1.82) is 0 Å². The van der Waals surface area contributed by atoms with Gasteiger partial charge in [-0.05, 0) is 42.3 Å². The Hall–Kier alpha value is -3.32. The minimum absolute atomic E-state index is 0.0248. The molecule has 0 radical (unpaired) electrons. The Morgan fingerprint density at radius 3 is 2.67 bits per heavy atom. The lowest BCUT2D eigenvalue weighted by atomic mass is 10.1. The maximum absolute atomic E-state index is 13.4. The van der Waals surface area contributed by atoms with Gasteiger partial charge < -0.3 is 5.32 Å². The summed E-state index contributed by atoms with van der Waals surface area (Å²) in [5, 5.41) is 4.52. The lowest BCUT2D eigenvalue weighted by Crippen LogP contribution is -2.26. The molecule has 2 aromatic carbocycles. The molecule has 4 rings (SSSR count). The van der Waals surface area contributed by atoms with Gasteiger partial charge in [0.2, 0.25) is 0 Å². The van der Waals surface area contributed by atoms with Crippen molar-refractivity contribution in [2.45, 2.75) is 6.92 Å². The summed E-state index contributed by atoms with van der Waals surface area (Å²) in [5.74, 6) is -0.831. The molecule has 1 amide bonds. The number of carbonyl (C=O) groups excluding carboxylic acids is 1. The first-order chi connectivity index (χ1) is 13.0. The topological polar surface area (TPSA) is 63.5 Å². The molecule has 2 heterocycles. The number of thiazole rings is 1. The smallest absolute Gasteiger partial charge is 0.271 e. The molecule has 0 aliphatic carbocycles. The monoisotopic (exact) mass is 379 g/mol. The van der Waals surface area contributed by atoms with Crippen molar-refractivity contribution in [2.75, 3.05) is 5.32 Å². The first-order valence-electron chi connectivity index (χ1n) is 8.16. The fourth-order valence-corrected chi connectivity index (χ4v) is 3.62. The van der Waals surface area contributed by atoms with Gasteiger partial charge in [-0.2, -0.15) is 0 Å². The SMILES string of the molecule is Cc1csc2ncc(C(=O)Nc3ccc(-c4cccc(F)c4)cc3)c(=O)n12. The van der Waals surface area contributed by atoms with Crippen LogP contribution in [0, 0.1) is 12.7 Å². The normalized spacial score (nSPS) is 10.9. The molecule has 5 nitrogen and oxygen atoms in total. The van der Waals surface area contributed by atoms with E-state index in [2.05, 4.69) is 10.3 Å². The van der Waals surface area contributed by atoms with Gasteiger partial charge in [-0.15, -0.1) is 11.3 Å². The number of halogens is 1. The van der Waals surface area contributed by atoms with E-state index in [1.165, 1.54) is 34.1 Å². The van der Waals surface area contributed by atoms with E-state index in [0.717, 1.165) is 16.8 Å². The predicted octanol–water partition coefficient (Wildman–Crippen LogP) is 4.12. The number of hydrogen-bond donors (Lipinski definition) is 1. The van der Waals surface area contributed by atoms with Gasteiger partial charge in [0.25, 0.3) is 11.5 Å². The van der Waals surface area contributed by atoms with Gasteiger partial charge in [0.05, 0.1) is 0 Å². The summed E-state index contributed by atoms with van der Waals surface area (Å²) in [6, 6.07) is 13.2. The third kappa shape index (κ3) is 3.24. The average Bonchev–Trinajstić information content (AvgIpc) is 3.04.